The van der Waals surface area contributed by atoms with E-state index in [0.717, 1.165) is 0 Å². The van der Waals surface area contributed by atoms with Crippen LogP contribution in [0.5, 0.6) is 5.75 Å². The topological polar surface area (TPSA) is 77.0 Å². The van der Waals surface area contributed by atoms with Crippen LogP contribution in [0, 0.1) is 5.92 Å². The second-order valence-corrected chi connectivity index (χ2v) is 6.61. The van der Waals surface area contributed by atoms with Gasteiger partial charge in [0, 0.05) is 10.6 Å². The Kier molecular flexibility index (Phi) is 7.84. The molecule has 1 N–H and O–H groups in total. The quantitative estimate of drug-likeness (QED) is 0.284. The SMILES string of the molecule is CCOC(=O)/C(=N\Nc1ccc(Cl)cc1Cl)C(C)C(=O)c1ccc(OC)cc1. The number of carbonyl (C=O) groups excluding carboxylic acids is 2. The molecule has 1 unspecified atom stereocenters. The fourth-order valence-electron chi connectivity index (χ4n) is 2.35. The molecule has 0 fully saturated rings. The Bertz CT molecular complexity index is 882. The van der Waals surface area contributed by atoms with Gasteiger partial charge in [0.15, 0.2) is 11.5 Å². The van der Waals surface area contributed by atoms with Crippen LogP contribution in [0.2, 0.25) is 10.0 Å². The highest BCUT2D eigenvalue weighted by Crippen LogP contribution is 2.25. The molecule has 0 amide bonds. The van der Waals surface area contributed by atoms with E-state index in [2.05, 4.69) is 10.5 Å². The minimum absolute atomic E-state index is 0.0614. The Hall–Kier alpha value is -2.57. The summed E-state index contributed by atoms with van der Waals surface area (Å²) in [5, 5.41) is 4.90. The van der Waals surface area contributed by atoms with Crippen LogP contribution in [0.15, 0.2) is 47.6 Å². The van der Waals surface area contributed by atoms with E-state index in [-0.39, 0.29) is 18.1 Å². The first-order chi connectivity index (χ1) is 13.4. The number of esters is 1. The van der Waals surface area contributed by atoms with Crippen molar-refractivity contribution in [3.8, 4) is 5.75 Å². The molecule has 0 bridgehead atoms. The Balaban J connectivity index is 2.29. The van der Waals surface area contributed by atoms with Gasteiger partial charge >= 0.3 is 5.97 Å². The highest BCUT2D eigenvalue weighted by Gasteiger charge is 2.28. The summed E-state index contributed by atoms with van der Waals surface area (Å²) in [4.78, 5) is 25.2. The molecule has 2 aromatic rings. The number of hydrogen-bond acceptors (Lipinski definition) is 6. The maximum atomic E-state index is 12.8. The second kappa shape index (κ2) is 10.1. The van der Waals surface area contributed by atoms with Crippen LogP contribution in [0.3, 0.4) is 0 Å². The predicted octanol–water partition coefficient (Wildman–Crippen LogP) is 4.85. The third-order valence-electron chi connectivity index (χ3n) is 3.89. The number of carbonyl (C=O) groups is 2. The first-order valence-electron chi connectivity index (χ1n) is 8.51. The third-order valence-corrected chi connectivity index (χ3v) is 4.44. The van der Waals surface area contributed by atoms with Crippen LogP contribution in [-0.2, 0) is 9.53 Å². The summed E-state index contributed by atoms with van der Waals surface area (Å²) in [7, 11) is 1.54. The van der Waals surface area contributed by atoms with Crippen molar-refractivity contribution >= 4 is 46.4 Å². The first kappa shape index (κ1) is 21.7. The molecule has 0 spiro atoms. The molecule has 8 heteroatoms. The Morgan fingerprint density at radius 3 is 2.39 bits per heavy atom. The molecule has 6 nitrogen and oxygen atoms in total. The van der Waals surface area contributed by atoms with E-state index in [4.69, 9.17) is 32.7 Å². The van der Waals surface area contributed by atoms with Gasteiger partial charge in [-0.1, -0.05) is 23.2 Å². The summed E-state index contributed by atoms with van der Waals surface area (Å²) < 4.78 is 10.1. The summed E-state index contributed by atoms with van der Waals surface area (Å²) in [5.74, 6) is -1.18. The number of hydrogen-bond donors (Lipinski definition) is 1. The van der Waals surface area contributed by atoms with E-state index in [0.29, 0.717) is 27.0 Å². The minimum Gasteiger partial charge on any atom is -0.497 e. The molecule has 0 aromatic heterocycles. The number of ketones is 1. The number of rotatable bonds is 8. The molecule has 0 saturated carbocycles. The summed E-state index contributed by atoms with van der Waals surface area (Å²) in [6, 6.07) is 11.4. The van der Waals surface area contributed by atoms with Crippen LogP contribution in [0.4, 0.5) is 5.69 Å². The van der Waals surface area contributed by atoms with Crippen LogP contribution in [-0.4, -0.2) is 31.2 Å². The van der Waals surface area contributed by atoms with Crippen LogP contribution in [0.25, 0.3) is 0 Å². The zero-order valence-corrected chi connectivity index (χ0v) is 17.2. The molecule has 0 aliphatic rings. The summed E-state index contributed by atoms with van der Waals surface area (Å²) in [6.45, 7) is 3.42. The fourth-order valence-corrected chi connectivity index (χ4v) is 2.81. The van der Waals surface area contributed by atoms with Crippen molar-refractivity contribution in [2.24, 2.45) is 11.0 Å². The minimum atomic E-state index is -0.842. The molecular weight excluding hydrogens is 403 g/mol. The van der Waals surface area contributed by atoms with Gasteiger partial charge in [0.1, 0.15) is 5.75 Å². The lowest BCUT2D eigenvalue weighted by Gasteiger charge is -2.14. The van der Waals surface area contributed by atoms with E-state index in [9.17, 15) is 9.59 Å². The van der Waals surface area contributed by atoms with Crippen LogP contribution >= 0.6 is 23.2 Å². The fraction of sp³-hybridized carbons (Fsp3) is 0.250. The van der Waals surface area contributed by atoms with E-state index in [1.54, 1.807) is 57.4 Å². The van der Waals surface area contributed by atoms with Crippen molar-refractivity contribution in [2.45, 2.75) is 13.8 Å². The monoisotopic (exact) mass is 422 g/mol. The van der Waals surface area contributed by atoms with Gasteiger partial charge in [0.25, 0.3) is 0 Å². The second-order valence-electron chi connectivity index (χ2n) is 5.77. The van der Waals surface area contributed by atoms with Crippen molar-refractivity contribution in [3.05, 3.63) is 58.1 Å². The normalized spacial score (nSPS) is 12.2. The van der Waals surface area contributed by atoms with E-state index < -0.39 is 11.9 Å². The number of hydrazone groups is 1. The lowest BCUT2D eigenvalue weighted by Crippen LogP contribution is -2.31. The molecule has 0 radical (unpaired) electrons. The Morgan fingerprint density at radius 1 is 1.14 bits per heavy atom. The van der Waals surface area contributed by atoms with Gasteiger partial charge in [-0.2, -0.15) is 5.10 Å². The maximum Gasteiger partial charge on any atom is 0.355 e. The Morgan fingerprint density at radius 2 is 1.82 bits per heavy atom. The average Bonchev–Trinajstić information content (AvgIpc) is 2.69. The van der Waals surface area contributed by atoms with Crippen LogP contribution < -0.4 is 10.2 Å². The smallest absolute Gasteiger partial charge is 0.355 e. The van der Waals surface area contributed by atoms with Crippen LogP contribution in [0.1, 0.15) is 24.2 Å². The standard InChI is InChI=1S/C20H20Cl2N2O4/c1-4-28-20(26)18(24-23-17-10-7-14(21)11-16(17)22)12(2)19(25)13-5-8-15(27-3)9-6-13/h5-12,23H,4H2,1-3H3/b24-18-. The summed E-state index contributed by atoms with van der Waals surface area (Å²) >= 11 is 12.0. The molecule has 0 aliphatic carbocycles. The average molecular weight is 423 g/mol. The van der Waals surface area contributed by atoms with E-state index >= 15 is 0 Å². The number of benzene rings is 2. The van der Waals surface area contributed by atoms with Gasteiger partial charge in [-0.3, -0.25) is 10.2 Å². The van der Waals surface area contributed by atoms with Crippen molar-refractivity contribution in [2.75, 3.05) is 19.1 Å². The van der Waals surface area contributed by atoms with Gasteiger partial charge in [0.05, 0.1) is 30.3 Å². The van der Waals surface area contributed by atoms with Gasteiger partial charge in [-0.05, 0) is 56.3 Å². The molecule has 2 rings (SSSR count). The molecule has 0 saturated heterocycles. The number of methoxy groups -OCH3 is 1. The number of nitrogens with one attached hydrogen (secondary N) is 1. The van der Waals surface area contributed by atoms with Crippen molar-refractivity contribution in [1.82, 2.24) is 0 Å². The summed E-state index contributed by atoms with van der Waals surface area (Å²) in [6.07, 6.45) is 0. The van der Waals surface area contributed by atoms with E-state index in [1.165, 1.54) is 6.07 Å². The number of nitrogens with zero attached hydrogens (tertiary/aromatic N) is 1. The van der Waals surface area contributed by atoms with Gasteiger partial charge in [0.2, 0.25) is 0 Å². The highest BCUT2D eigenvalue weighted by molar-refractivity contribution is 6.42. The number of halogens is 2. The largest absolute Gasteiger partial charge is 0.497 e. The number of Topliss-reactive ketones (excluding diaryl/α,β-unsaturated/α-hetero) is 1. The van der Waals surface area contributed by atoms with Crippen molar-refractivity contribution in [3.63, 3.8) is 0 Å². The molecule has 0 heterocycles. The molecule has 28 heavy (non-hydrogen) atoms. The molecule has 1 atom stereocenters. The van der Waals surface area contributed by atoms with E-state index in [1.807, 2.05) is 0 Å². The lowest BCUT2D eigenvalue weighted by atomic mass is 9.95. The highest BCUT2D eigenvalue weighted by atomic mass is 35.5. The Labute approximate surface area is 173 Å². The first-order valence-corrected chi connectivity index (χ1v) is 9.27. The summed E-state index contributed by atoms with van der Waals surface area (Å²) in [5.41, 5.74) is 3.52. The molecule has 2 aromatic carbocycles. The predicted molar refractivity (Wildman–Crippen MR) is 111 cm³/mol. The molecule has 148 valence electrons. The maximum absolute atomic E-state index is 12.8. The molecular formula is C20H20Cl2N2O4. The number of ether oxygens (including phenoxy) is 2. The van der Waals surface area contributed by atoms with Gasteiger partial charge < -0.3 is 9.47 Å². The van der Waals surface area contributed by atoms with Gasteiger partial charge in [-0.25, -0.2) is 4.79 Å². The zero-order valence-electron chi connectivity index (χ0n) is 15.7. The third kappa shape index (κ3) is 5.47. The van der Waals surface area contributed by atoms with Crippen molar-refractivity contribution < 1.29 is 19.1 Å². The lowest BCUT2D eigenvalue weighted by molar-refractivity contribution is -0.135. The molecule has 0 aliphatic heterocycles. The van der Waals surface area contributed by atoms with Crippen molar-refractivity contribution in [1.29, 1.82) is 0 Å². The zero-order chi connectivity index (χ0) is 20.7. The number of anilines is 1. The van der Waals surface area contributed by atoms with Gasteiger partial charge in [-0.15, -0.1) is 0 Å².